The number of hydrogen-bond acceptors (Lipinski definition) is 4. The number of rotatable bonds is 7. The fourth-order valence-corrected chi connectivity index (χ4v) is 2.87. The summed E-state index contributed by atoms with van der Waals surface area (Å²) >= 11 is 0. The van der Waals surface area contributed by atoms with Crippen molar-refractivity contribution in [2.24, 2.45) is 5.92 Å². The normalized spacial score (nSPS) is 14.9. The van der Waals surface area contributed by atoms with Gasteiger partial charge in [-0.1, -0.05) is 12.1 Å². The van der Waals surface area contributed by atoms with Crippen LogP contribution < -0.4 is 4.74 Å². The second kappa shape index (κ2) is 9.29. The van der Waals surface area contributed by atoms with Gasteiger partial charge < -0.3 is 19.6 Å². The molecule has 0 saturated carbocycles. The maximum absolute atomic E-state index is 12.3. The molecule has 1 N–H and O–H groups in total. The summed E-state index contributed by atoms with van der Waals surface area (Å²) in [5.41, 5.74) is 0.614. The van der Waals surface area contributed by atoms with Crippen molar-refractivity contribution in [3.05, 3.63) is 29.8 Å². The van der Waals surface area contributed by atoms with Gasteiger partial charge >= 0.3 is 12.6 Å². The first kappa shape index (κ1) is 20.6. The molecule has 1 fully saturated rings. The summed E-state index contributed by atoms with van der Waals surface area (Å²) in [7, 11) is 1.51. The van der Waals surface area contributed by atoms with Crippen LogP contribution in [0.15, 0.2) is 24.3 Å². The van der Waals surface area contributed by atoms with Crippen LogP contribution in [0, 0.1) is 5.92 Å². The van der Waals surface area contributed by atoms with Crippen molar-refractivity contribution in [2.75, 3.05) is 26.7 Å². The van der Waals surface area contributed by atoms with Crippen LogP contribution in [-0.4, -0.2) is 66.0 Å². The third-order valence-electron chi connectivity index (χ3n) is 4.50. The smallest absolute Gasteiger partial charge is 0.387 e. The molecule has 0 aromatic heterocycles. The second-order valence-electron chi connectivity index (χ2n) is 6.44. The number of piperidine rings is 1. The number of benzene rings is 1. The number of carbonyl (C=O) groups is 3. The number of ether oxygens (including phenoxy) is 1. The highest BCUT2D eigenvalue weighted by Crippen LogP contribution is 2.18. The van der Waals surface area contributed by atoms with Crippen molar-refractivity contribution >= 4 is 17.8 Å². The van der Waals surface area contributed by atoms with Gasteiger partial charge in [-0.15, -0.1) is 0 Å². The molecule has 1 aromatic carbocycles. The van der Waals surface area contributed by atoms with Gasteiger partial charge in [-0.2, -0.15) is 8.78 Å². The molecule has 1 aliphatic heterocycles. The summed E-state index contributed by atoms with van der Waals surface area (Å²) in [5.74, 6) is -1.78. The van der Waals surface area contributed by atoms with E-state index in [2.05, 4.69) is 4.74 Å². The van der Waals surface area contributed by atoms with Crippen LogP contribution in [0.4, 0.5) is 8.78 Å². The SMILES string of the molecule is CN(CC(=O)N1CCC(C(=O)O)CC1)C(=O)Cc1ccc(OC(F)F)cc1. The van der Waals surface area contributed by atoms with E-state index in [1.807, 2.05) is 0 Å². The molecule has 0 aliphatic carbocycles. The van der Waals surface area contributed by atoms with Crippen LogP contribution in [0.2, 0.25) is 0 Å². The molecular formula is C18H22F2N2O5. The molecule has 27 heavy (non-hydrogen) atoms. The van der Waals surface area contributed by atoms with E-state index in [1.54, 1.807) is 4.90 Å². The van der Waals surface area contributed by atoms with Crippen molar-refractivity contribution < 1.29 is 33.0 Å². The minimum absolute atomic E-state index is 0.00879. The lowest BCUT2D eigenvalue weighted by Gasteiger charge is -2.31. The lowest BCUT2D eigenvalue weighted by molar-refractivity contribution is -0.146. The molecule has 1 aliphatic rings. The van der Waals surface area contributed by atoms with Gasteiger partial charge in [-0.05, 0) is 30.5 Å². The lowest BCUT2D eigenvalue weighted by Crippen LogP contribution is -2.45. The number of likely N-dealkylation sites (tertiary alicyclic amines) is 1. The zero-order valence-electron chi connectivity index (χ0n) is 14.9. The molecule has 1 saturated heterocycles. The largest absolute Gasteiger partial charge is 0.481 e. The Morgan fingerprint density at radius 3 is 2.33 bits per heavy atom. The number of hydrogen-bond donors (Lipinski definition) is 1. The Kier molecular flexibility index (Phi) is 7.09. The van der Waals surface area contributed by atoms with Crippen molar-refractivity contribution in [3.8, 4) is 5.75 Å². The molecule has 7 nitrogen and oxygen atoms in total. The number of carbonyl (C=O) groups excluding carboxylic acids is 2. The predicted molar refractivity (Wildman–Crippen MR) is 91.4 cm³/mol. The summed E-state index contributed by atoms with van der Waals surface area (Å²) < 4.78 is 28.5. The van der Waals surface area contributed by atoms with Crippen molar-refractivity contribution in [1.29, 1.82) is 0 Å². The van der Waals surface area contributed by atoms with E-state index in [-0.39, 0.29) is 30.5 Å². The van der Waals surface area contributed by atoms with Crippen LogP contribution in [-0.2, 0) is 20.8 Å². The fraction of sp³-hybridized carbons (Fsp3) is 0.500. The van der Waals surface area contributed by atoms with Crippen molar-refractivity contribution in [3.63, 3.8) is 0 Å². The monoisotopic (exact) mass is 384 g/mol. The highest BCUT2D eigenvalue weighted by Gasteiger charge is 2.27. The van der Waals surface area contributed by atoms with Crippen molar-refractivity contribution in [1.82, 2.24) is 9.80 Å². The van der Waals surface area contributed by atoms with Gasteiger partial charge in [-0.3, -0.25) is 14.4 Å². The average molecular weight is 384 g/mol. The molecule has 9 heteroatoms. The Morgan fingerprint density at radius 1 is 1.22 bits per heavy atom. The zero-order chi connectivity index (χ0) is 20.0. The van der Waals surface area contributed by atoms with Crippen molar-refractivity contribution in [2.45, 2.75) is 25.9 Å². The molecule has 0 bridgehead atoms. The number of alkyl halides is 2. The highest BCUT2D eigenvalue weighted by molar-refractivity contribution is 5.86. The first-order valence-corrected chi connectivity index (χ1v) is 8.54. The number of aliphatic carboxylic acids is 1. The van der Waals surface area contributed by atoms with Gasteiger partial charge in [0.15, 0.2) is 0 Å². The first-order chi connectivity index (χ1) is 12.8. The number of likely N-dealkylation sites (N-methyl/N-ethyl adjacent to an activating group) is 1. The van der Waals surface area contributed by atoms with Crippen LogP contribution in [0.5, 0.6) is 5.75 Å². The van der Waals surface area contributed by atoms with E-state index in [0.717, 1.165) is 0 Å². The molecular weight excluding hydrogens is 362 g/mol. The standard InChI is InChI=1S/C18H22F2N2O5/c1-21(11-16(24)22-8-6-13(7-9-22)17(25)26)15(23)10-12-2-4-14(5-3-12)27-18(19)20/h2-5,13,18H,6-11H2,1H3,(H,25,26). The maximum atomic E-state index is 12.3. The summed E-state index contributed by atoms with van der Waals surface area (Å²) in [6.45, 7) is -2.27. The third kappa shape index (κ3) is 6.19. The van der Waals surface area contributed by atoms with Gasteiger partial charge in [0.05, 0.1) is 18.9 Å². The van der Waals surface area contributed by atoms with E-state index in [1.165, 1.54) is 36.2 Å². The number of nitrogens with zero attached hydrogens (tertiary/aromatic N) is 2. The molecule has 0 atom stereocenters. The van der Waals surface area contributed by atoms with E-state index >= 15 is 0 Å². The van der Waals surface area contributed by atoms with Crippen LogP contribution in [0.1, 0.15) is 18.4 Å². The first-order valence-electron chi connectivity index (χ1n) is 8.54. The van der Waals surface area contributed by atoms with E-state index in [9.17, 15) is 23.2 Å². The summed E-state index contributed by atoms with van der Waals surface area (Å²) in [4.78, 5) is 38.4. The number of carboxylic acid groups (broad SMARTS) is 1. The Morgan fingerprint density at radius 2 is 1.81 bits per heavy atom. The summed E-state index contributed by atoms with van der Waals surface area (Å²) in [5, 5.41) is 8.98. The lowest BCUT2D eigenvalue weighted by atomic mass is 9.97. The molecule has 2 rings (SSSR count). The Bertz CT molecular complexity index is 673. The minimum Gasteiger partial charge on any atom is -0.481 e. The van der Waals surface area contributed by atoms with Gasteiger partial charge in [-0.25, -0.2) is 0 Å². The predicted octanol–water partition coefficient (Wildman–Crippen LogP) is 1.61. The number of halogens is 2. The van der Waals surface area contributed by atoms with Gasteiger partial charge in [0.1, 0.15) is 5.75 Å². The third-order valence-corrected chi connectivity index (χ3v) is 4.50. The molecule has 0 radical (unpaired) electrons. The Balaban J connectivity index is 1.81. The second-order valence-corrected chi connectivity index (χ2v) is 6.44. The summed E-state index contributed by atoms with van der Waals surface area (Å²) in [6, 6.07) is 5.74. The molecule has 148 valence electrons. The molecule has 2 amide bonds. The van der Waals surface area contributed by atoms with E-state index < -0.39 is 18.5 Å². The quantitative estimate of drug-likeness (QED) is 0.772. The number of amides is 2. The summed E-state index contributed by atoms with van der Waals surface area (Å²) in [6.07, 6.45) is 0.845. The van der Waals surface area contributed by atoms with Crippen LogP contribution >= 0.6 is 0 Å². The topological polar surface area (TPSA) is 87.2 Å². The zero-order valence-corrected chi connectivity index (χ0v) is 14.9. The fourth-order valence-electron chi connectivity index (χ4n) is 2.87. The Labute approximate surface area is 155 Å². The van der Waals surface area contributed by atoms with Crippen LogP contribution in [0.25, 0.3) is 0 Å². The highest BCUT2D eigenvalue weighted by atomic mass is 19.3. The molecule has 0 spiro atoms. The molecule has 1 aromatic rings. The van der Waals surface area contributed by atoms with Gasteiger partial charge in [0, 0.05) is 20.1 Å². The van der Waals surface area contributed by atoms with Gasteiger partial charge in [0.25, 0.3) is 0 Å². The minimum atomic E-state index is -2.91. The van der Waals surface area contributed by atoms with E-state index in [4.69, 9.17) is 5.11 Å². The van der Waals surface area contributed by atoms with Crippen LogP contribution in [0.3, 0.4) is 0 Å². The average Bonchev–Trinajstić information content (AvgIpc) is 2.62. The molecule has 0 unspecified atom stereocenters. The van der Waals surface area contributed by atoms with E-state index in [0.29, 0.717) is 31.5 Å². The maximum Gasteiger partial charge on any atom is 0.387 e. The number of carboxylic acids is 1. The molecule has 1 heterocycles. The van der Waals surface area contributed by atoms with Gasteiger partial charge in [0.2, 0.25) is 11.8 Å². The Hall–Kier alpha value is -2.71.